The van der Waals surface area contributed by atoms with Crippen LogP contribution < -0.4 is 16.6 Å². The molecule has 0 radical (unpaired) electrons. The number of aliphatic hydroxyl groups is 5. The molecule has 0 bridgehead atoms. The van der Waals surface area contributed by atoms with E-state index in [0.29, 0.717) is 0 Å². The van der Waals surface area contributed by atoms with Gasteiger partial charge in [-0.05, 0) is 0 Å². The average Bonchev–Trinajstić information content (AvgIpc) is 2.83. The topological polar surface area (TPSA) is 306 Å². The van der Waals surface area contributed by atoms with Crippen molar-refractivity contribution < 1.29 is 72.1 Å². The Morgan fingerprint density at radius 1 is 1.21 bits per heavy atom. The molecule has 1 fully saturated rings. The van der Waals surface area contributed by atoms with Gasteiger partial charge in [0.25, 0.3) is 5.56 Å². The van der Waals surface area contributed by atoms with Crippen molar-refractivity contribution in [2.24, 2.45) is 0 Å². The van der Waals surface area contributed by atoms with Crippen molar-refractivity contribution >= 4 is 21.6 Å². The molecule has 39 heavy (non-hydrogen) atoms. The fraction of sp³-hybridized carbons (Fsp3) is 0.706. The average molecular weight is 609 g/mol. The van der Waals surface area contributed by atoms with Crippen LogP contribution in [0.25, 0.3) is 0 Å². The number of nitrogens with one attached hydrogen (secondary N) is 2. The molecule has 1 aliphatic heterocycles. The lowest BCUT2D eigenvalue weighted by atomic mass is 9.97. The molecule has 0 aliphatic carbocycles. The molecule has 20 nitrogen and oxygen atoms in total. The van der Waals surface area contributed by atoms with E-state index in [2.05, 4.69) is 18.7 Å². The number of hydrogen-bond acceptors (Lipinski definition) is 15. The van der Waals surface area contributed by atoms with Gasteiger partial charge in [-0.15, -0.1) is 0 Å². The number of aliphatic hydroxyl groups excluding tert-OH is 5. The van der Waals surface area contributed by atoms with Crippen LogP contribution in [0.2, 0.25) is 0 Å². The van der Waals surface area contributed by atoms with Gasteiger partial charge in [-0.1, -0.05) is 0 Å². The van der Waals surface area contributed by atoms with E-state index in [-0.39, 0.29) is 0 Å². The first-order valence-electron chi connectivity index (χ1n) is 10.9. The van der Waals surface area contributed by atoms with E-state index in [1.54, 1.807) is 0 Å². The van der Waals surface area contributed by atoms with E-state index in [9.17, 15) is 58.8 Å². The maximum absolute atomic E-state index is 12.4. The summed E-state index contributed by atoms with van der Waals surface area (Å²) >= 11 is 0. The largest absolute Gasteiger partial charge is 0.483 e. The molecule has 1 amide bonds. The minimum absolute atomic E-state index is 0.636. The fourth-order valence-electron chi connectivity index (χ4n) is 3.14. The van der Waals surface area contributed by atoms with Gasteiger partial charge in [0.05, 0.1) is 19.8 Å². The lowest BCUT2D eigenvalue weighted by Gasteiger charge is -2.42. The highest BCUT2D eigenvalue weighted by molar-refractivity contribution is 7.61. The summed E-state index contributed by atoms with van der Waals surface area (Å²) in [4.78, 5) is 56.1. The van der Waals surface area contributed by atoms with E-state index >= 15 is 0 Å². The third-order valence-electron chi connectivity index (χ3n) is 5.04. The van der Waals surface area contributed by atoms with Crippen LogP contribution in [-0.2, 0) is 43.5 Å². The second-order valence-electron chi connectivity index (χ2n) is 8.02. The zero-order chi connectivity index (χ0) is 29.5. The highest BCUT2D eigenvalue weighted by Crippen LogP contribution is 2.61. The van der Waals surface area contributed by atoms with Gasteiger partial charge in [-0.3, -0.25) is 28.2 Å². The van der Waals surface area contributed by atoms with Gasteiger partial charge < -0.3 is 50.1 Å². The van der Waals surface area contributed by atoms with Crippen LogP contribution in [0.15, 0.2) is 21.9 Å². The molecule has 224 valence electrons. The number of H-pyrrole nitrogens is 1. The highest BCUT2D eigenvalue weighted by atomic mass is 31.3. The fourth-order valence-corrected chi connectivity index (χ4v) is 5.31. The van der Waals surface area contributed by atoms with Crippen molar-refractivity contribution in [1.29, 1.82) is 0 Å². The Kier molecular flexibility index (Phi) is 12.1. The predicted molar refractivity (Wildman–Crippen MR) is 122 cm³/mol. The molecule has 1 saturated heterocycles. The lowest BCUT2D eigenvalue weighted by molar-refractivity contribution is -0.247. The zero-order valence-corrected chi connectivity index (χ0v) is 21.9. The number of hydrogen-bond donors (Lipinski definition) is 9. The van der Waals surface area contributed by atoms with Crippen molar-refractivity contribution in [2.75, 3.05) is 19.8 Å². The summed E-state index contributed by atoms with van der Waals surface area (Å²) in [5.41, 5.74) is -1.61. The molecular weight excluding hydrogens is 580 g/mol. The maximum Gasteiger partial charge on any atom is 0.483 e. The maximum atomic E-state index is 12.4. The van der Waals surface area contributed by atoms with Gasteiger partial charge in [0.2, 0.25) is 5.91 Å². The van der Waals surface area contributed by atoms with Gasteiger partial charge in [0.15, 0.2) is 6.29 Å². The second kappa shape index (κ2) is 14.2. The molecule has 2 unspecified atom stereocenters. The predicted octanol–water partition coefficient (Wildman–Crippen LogP) is -4.57. The zero-order valence-electron chi connectivity index (χ0n) is 20.1. The van der Waals surface area contributed by atoms with Crippen molar-refractivity contribution in [1.82, 2.24) is 14.9 Å². The first kappa shape index (κ1) is 33.3. The van der Waals surface area contributed by atoms with Crippen LogP contribution in [0.3, 0.4) is 0 Å². The van der Waals surface area contributed by atoms with E-state index in [4.69, 9.17) is 9.47 Å². The van der Waals surface area contributed by atoms with E-state index in [0.717, 1.165) is 23.8 Å². The van der Waals surface area contributed by atoms with Crippen LogP contribution in [0.5, 0.6) is 0 Å². The molecule has 0 spiro atoms. The number of phosphoric ester groups is 2. The lowest BCUT2D eigenvalue weighted by Crippen LogP contribution is -2.64. The number of carbonyl (C=O) groups excluding carboxylic acids is 1. The second-order valence-corrected chi connectivity index (χ2v) is 11.0. The molecule has 0 saturated carbocycles. The summed E-state index contributed by atoms with van der Waals surface area (Å²) in [7, 11) is -11.2. The van der Waals surface area contributed by atoms with E-state index < -0.39 is 102 Å². The molecule has 0 aromatic carbocycles. The third kappa shape index (κ3) is 9.92. The smallest absolute Gasteiger partial charge is 0.394 e. The van der Waals surface area contributed by atoms with Crippen molar-refractivity contribution in [3.8, 4) is 0 Å². The van der Waals surface area contributed by atoms with Crippen LogP contribution >= 0.6 is 15.6 Å². The normalized spacial score (nSPS) is 28.2. The number of aromatic amines is 1. The molecule has 1 aromatic rings. The number of phosphoric acid groups is 2. The molecular formula is C17H29N3O17P2. The van der Waals surface area contributed by atoms with Gasteiger partial charge in [0, 0.05) is 19.2 Å². The minimum atomic E-state index is -5.63. The molecule has 2 heterocycles. The third-order valence-corrected chi connectivity index (χ3v) is 7.64. The van der Waals surface area contributed by atoms with Crippen molar-refractivity contribution in [3.05, 3.63) is 33.1 Å². The Morgan fingerprint density at radius 3 is 2.44 bits per heavy atom. The molecule has 9 atom stereocenters. The Balaban J connectivity index is 2.08. The molecule has 1 aromatic heterocycles. The first-order chi connectivity index (χ1) is 18.1. The van der Waals surface area contributed by atoms with Crippen LogP contribution in [0, 0.1) is 0 Å². The summed E-state index contributed by atoms with van der Waals surface area (Å²) in [5, 5.41) is 50.6. The molecule has 22 heteroatoms. The Bertz CT molecular complexity index is 1180. The Morgan fingerprint density at radius 2 is 1.87 bits per heavy atom. The van der Waals surface area contributed by atoms with Gasteiger partial charge in [0.1, 0.15) is 43.3 Å². The number of amides is 1. The summed E-state index contributed by atoms with van der Waals surface area (Å²) in [5.74, 6) is -0.798. The van der Waals surface area contributed by atoms with Crippen LogP contribution in [-0.4, -0.2) is 113 Å². The summed E-state index contributed by atoms with van der Waals surface area (Å²) in [6.07, 6.45) is -9.62. The van der Waals surface area contributed by atoms with E-state index in [1.165, 1.54) is 0 Å². The summed E-state index contributed by atoms with van der Waals surface area (Å²) in [6, 6.07) is -0.723. The van der Waals surface area contributed by atoms with Crippen molar-refractivity contribution in [3.63, 3.8) is 0 Å². The van der Waals surface area contributed by atoms with Gasteiger partial charge in [-0.25, -0.2) is 13.9 Å². The standard InChI is InChI=1S/C17H29N3O17P2/c1-8(23)18-13-15(27)14(26)10(5-22)35-16(13)36-39(31,32)37-38(29,30)34-6-11(9(24)4-21)33-7-20-3-2-12(25)19-17(20)28/h2-3,9-11,13-16,21-22,24,26-27H,4-7H2,1H3,(H,18,23)(H,29,30)(H,31,32)(H,19,25,28)/t9-,10?,11-,13?,14-,15-,16-/m1/s1. The number of aromatic nitrogens is 2. The first-order valence-corrected chi connectivity index (χ1v) is 13.9. The summed E-state index contributed by atoms with van der Waals surface area (Å²) in [6.45, 7) is -2.55. The monoisotopic (exact) mass is 609 g/mol. The van der Waals surface area contributed by atoms with Gasteiger partial charge in [-0.2, -0.15) is 4.31 Å². The number of nitrogens with zero attached hydrogens (tertiary/aromatic N) is 1. The minimum Gasteiger partial charge on any atom is -0.394 e. The quantitative estimate of drug-likeness (QED) is 0.0896. The van der Waals surface area contributed by atoms with E-state index in [1.807, 2.05) is 4.98 Å². The Hall–Kier alpha value is -1.87. The number of ether oxygens (including phenoxy) is 2. The van der Waals surface area contributed by atoms with Crippen molar-refractivity contribution in [2.45, 2.75) is 56.5 Å². The Labute approximate surface area is 218 Å². The van der Waals surface area contributed by atoms with Crippen LogP contribution in [0.1, 0.15) is 6.92 Å². The van der Waals surface area contributed by atoms with Crippen LogP contribution in [0.4, 0.5) is 0 Å². The van der Waals surface area contributed by atoms with Gasteiger partial charge >= 0.3 is 21.3 Å². The highest BCUT2D eigenvalue weighted by Gasteiger charge is 2.49. The number of carbonyl (C=O) groups is 1. The molecule has 1 aliphatic rings. The number of rotatable bonds is 14. The molecule has 9 N–H and O–H groups in total. The summed E-state index contributed by atoms with van der Waals surface area (Å²) < 4.78 is 49.2. The SMILES string of the molecule is CC(=O)NC1[C@@H](O[P@@](=O)(O)O[P@@](=O)(O)OC[C@@H](OCn2ccc(=O)[nH]c2=O)[C@H](O)CO)OC(CO)[C@@H](O)[C@@H]1O. The molecule has 2 rings (SSSR count).